The molecule has 0 spiro atoms. The lowest BCUT2D eigenvalue weighted by Crippen LogP contribution is -2.50. The van der Waals surface area contributed by atoms with E-state index >= 15 is 0 Å². The number of quaternary nitrogens is 1. The molecule has 1 amide bonds. The molecule has 0 aromatic carbocycles. The Bertz CT molecular complexity index is 185. The molecule has 0 saturated heterocycles. The molecule has 15 heavy (non-hydrogen) atoms. The molecule has 4 heteroatoms. The maximum Gasteiger partial charge on any atom is 0.217 e. The summed E-state index contributed by atoms with van der Waals surface area (Å²) in [5.41, 5.74) is 0. The zero-order valence-electron chi connectivity index (χ0n) is 10.3. The van der Waals surface area contributed by atoms with Crippen LogP contribution in [0.2, 0.25) is 0 Å². The average Bonchev–Trinajstić information content (AvgIpc) is 2.15. The van der Waals surface area contributed by atoms with Crippen LogP contribution >= 0.6 is 0 Å². The molecule has 0 heterocycles. The van der Waals surface area contributed by atoms with Gasteiger partial charge in [-0.3, -0.25) is 4.79 Å². The van der Waals surface area contributed by atoms with Crippen molar-refractivity contribution in [2.24, 2.45) is 0 Å². The minimum Gasteiger partial charge on any atom is -0.391 e. The van der Waals surface area contributed by atoms with Crippen LogP contribution in [-0.2, 0) is 4.79 Å². The van der Waals surface area contributed by atoms with E-state index in [0.717, 1.165) is 30.5 Å². The van der Waals surface area contributed by atoms with Crippen molar-refractivity contribution in [3.63, 3.8) is 0 Å². The largest absolute Gasteiger partial charge is 0.391 e. The summed E-state index contributed by atoms with van der Waals surface area (Å²) in [7, 11) is 2.13. The minimum atomic E-state index is 0.0149. The molecule has 0 aromatic heterocycles. The number of aliphatic hydroxyl groups is 1. The Labute approximate surface area is 92.9 Å². The molecule has 0 rings (SSSR count). The van der Waals surface area contributed by atoms with E-state index in [0.29, 0.717) is 6.54 Å². The second kappa shape index (κ2) is 7.65. The Hall–Kier alpha value is -0.610. The van der Waals surface area contributed by atoms with Gasteiger partial charge in [-0.15, -0.1) is 0 Å². The van der Waals surface area contributed by atoms with Gasteiger partial charge in [0, 0.05) is 6.92 Å². The molecule has 0 saturated carbocycles. The highest BCUT2D eigenvalue weighted by Crippen LogP contribution is 2.04. The SMILES string of the molecule is CCCC[N+](C)(CCO)CCNC(C)=O. The number of aliphatic hydroxyl groups excluding tert-OH is 1. The number of hydrogen-bond donors (Lipinski definition) is 2. The minimum absolute atomic E-state index is 0.0149. The van der Waals surface area contributed by atoms with Gasteiger partial charge in [-0.1, -0.05) is 13.3 Å². The molecule has 90 valence electrons. The second-order valence-corrected chi connectivity index (χ2v) is 4.35. The van der Waals surface area contributed by atoms with Gasteiger partial charge >= 0.3 is 0 Å². The summed E-state index contributed by atoms with van der Waals surface area (Å²) in [5.74, 6) is 0.0149. The monoisotopic (exact) mass is 217 g/mol. The second-order valence-electron chi connectivity index (χ2n) is 4.35. The van der Waals surface area contributed by atoms with Crippen molar-refractivity contribution in [1.82, 2.24) is 5.32 Å². The maximum absolute atomic E-state index is 10.7. The Kier molecular flexibility index (Phi) is 7.34. The van der Waals surface area contributed by atoms with Crippen LogP contribution in [0, 0.1) is 0 Å². The molecule has 0 aliphatic heterocycles. The van der Waals surface area contributed by atoms with Crippen molar-refractivity contribution < 1.29 is 14.4 Å². The fourth-order valence-electron chi connectivity index (χ4n) is 1.62. The van der Waals surface area contributed by atoms with Crippen LogP contribution in [-0.4, -0.2) is 55.3 Å². The van der Waals surface area contributed by atoms with Gasteiger partial charge in [0.05, 0.1) is 33.3 Å². The Morgan fingerprint density at radius 2 is 2.00 bits per heavy atom. The number of carbonyl (C=O) groups is 1. The van der Waals surface area contributed by atoms with Crippen LogP contribution in [0.4, 0.5) is 0 Å². The number of nitrogens with zero attached hydrogens (tertiary/aromatic N) is 1. The van der Waals surface area contributed by atoms with Crippen LogP contribution in [0.3, 0.4) is 0 Å². The van der Waals surface area contributed by atoms with E-state index in [1.807, 2.05) is 0 Å². The van der Waals surface area contributed by atoms with Gasteiger partial charge in [-0.05, 0) is 6.42 Å². The summed E-state index contributed by atoms with van der Waals surface area (Å²) in [6, 6.07) is 0. The summed E-state index contributed by atoms with van der Waals surface area (Å²) in [6.07, 6.45) is 2.33. The third-order valence-electron chi connectivity index (χ3n) is 2.72. The van der Waals surface area contributed by atoms with E-state index in [1.54, 1.807) is 0 Å². The van der Waals surface area contributed by atoms with Crippen LogP contribution in [0.5, 0.6) is 0 Å². The molecule has 0 radical (unpaired) electrons. The fourth-order valence-corrected chi connectivity index (χ4v) is 1.62. The van der Waals surface area contributed by atoms with Gasteiger partial charge in [0.15, 0.2) is 0 Å². The van der Waals surface area contributed by atoms with E-state index < -0.39 is 0 Å². The van der Waals surface area contributed by atoms with Crippen molar-refractivity contribution in [2.45, 2.75) is 26.7 Å². The first-order valence-corrected chi connectivity index (χ1v) is 5.73. The Balaban J connectivity index is 3.94. The molecule has 0 aromatic rings. The lowest BCUT2D eigenvalue weighted by atomic mass is 10.2. The molecular formula is C11H25N2O2+. The van der Waals surface area contributed by atoms with Crippen LogP contribution < -0.4 is 5.32 Å². The van der Waals surface area contributed by atoms with E-state index in [2.05, 4.69) is 19.3 Å². The molecule has 0 aliphatic rings. The van der Waals surface area contributed by atoms with Gasteiger partial charge in [-0.2, -0.15) is 0 Å². The lowest BCUT2D eigenvalue weighted by Gasteiger charge is -2.34. The van der Waals surface area contributed by atoms with Gasteiger partial charge in [0.25, 0.3) is 0 Å². The third-order valence-corrected chi connectivity index (χ3v) is 2.72. The first-order chi connectivity index (χ1) is 7.04. The smallest absolute Gasteiger partial charge is 0.217 e. The predicted molar refractivity (Wildman–Crippen MR) is 61.5 cm³/mol. The van der Waals surface area contributed by atoms with E-state index in [-0.39, 0.29) is 12.5 Å². The summed E-state index contributed by atoms with van der Waals surface area (Å²) in [5, 5.41) is 11.8. The van der Waals surface area contributed by atoms with E-state index in [1.165, 1.54) is 13.3 Å². The molecule has 0 fully saturated rings. The predicted octanol–water partition coefficient (Wildman–Crippen LogP) is 0.361. The molecule has 0 bridgehead atoms. The van der Waals surface area contributed by atoms with Crippen LogP contribution in [0.1, 0.15) is 26.7 Å². The van der Waals surface area contributed by atoms with Gasteiger partial charge < -0.3 is 14.9 Å². The quantitative estimate of drug-likeness (QED) is 0.577. The number of unbranched alkanes of at least 4 members (excludes halogenated alkanes) is 1. The first kappa shape index (κ1) is 14.4. The normalized spacial score (nSPS) is 14.7. The fraction of sp³-hybridized carbons (Fsp3) is 0.909. The standard InChI is InChI=1S/C11H24N2O2/c1-4-5-7-13(3,9-10-14)8-6-12-11(2)15/h14H,4-10H2,1-3H3/p+1. The van der Waals surface area contributed by atoms with Gasteiger partial charge in [0.1, 0.15) is 6.54 Å². The number of rotatable bonds is 8. The van der Waals surface area contributed by atoms with Crippen molar-refractivity contribution in [1.29, 1.82) is 0 Å². The highest BCUT2D eigenvalue weighted by Gasteiger charge is 2.19. The zero-order valence-corrected chi connectivity index (χ0v) is 10.3. The van der Waals surface area contributed by atoms with Crippen molar-refractivity contribution >= 4 is 5.91 Å². The van der Waals surface area contributed by atoms with Crippen LogP contribution in [0.25, 0.3) is 0 Å². The highest BCUT2D eigenvalue weighted by molar-refractivity contribution is 5.72. The lowest BCUT2D eigenvalue weighted by molar-refractivity contribution is -0.908. The number of amides is 1. The zero-order chi connectivity index (χ0) is 11.7. The first-order valence-electron chi connectivity index (χ1n) is 5.73. The number of likely N-dealkylation sites (N-methyl/N-ethyl adjacent to an activating group) is 1. The molecule has 4 nitrogen and oxygen atoms in total. The summed E-state index contributed by atoms with van der Waals surface area (Å²) < 4.78 is 0.838. The van der Waals surface area contributed by atoms with Crippen LogP contribution in [0.15, 0.2) is 0 Å². The Morgan fingerprint density at radius 3 is 2.47 bits per heavy atom. The maximum atomic E-state index is 10.7. The Morgan fingerprint density at radius 1 is 1.33 bits per heavy atom. The van der Waals surface area contributed by atoms with Gasteiger partial charge in [-0.25, -0.2) is 0 Å². The molecular weight excluding hydrogens is 192 g/mol. The van der Waals surface area contributed by atoms with Crippen molar-refractivity contribution in [2.75, 3.05) is 39.8 Å². The molecule has 1 unspecified atom stereocenters. The van der Waals surface area contributed by atoms with Crippen molar-refractivity contribution in [3.8, 4) is 0 Å². The third kappa shape index (κ3) is 7.33. The topological polar surface area (TPSA) is 49.3 Å². The molecule has 2 N–H and O–H groups in total. The van der Waals surface area contributed by atoms with E-state index in [4.69, 9.17) is 5.11 Å². The number of hydrogen-bond acceptors (Lipinski definition) is 2. The average molecular weight is 217 g/mol. The number of carbonyl (C=O) groups excluding carboxylic acids is 1. The summed E-state index contributed by atoms with van der Waals surface area (Å²) in [6.45, 7) is 7.31. The summed E-state index contributed by atoms with van der Waals surface area (Å²) in [4.78, 5) is 10.7. The van der Waals surface area contributed by atoms with E-state index in [9.17, 15) is 4.79 Å². The molecule has 0 aliphatic carbocycles. The number of nitrogens with one attached hydrogen (secondary N) is 1. The van der Waals surface area contributed by atoms with Gasteiger partial charge in [0.2, 0.25) is 5.91 Å². The highest BCUT2D eigenvalue weighted by atomic mass is 16.3. The van der Waals surface area contributed by atoms with Crippen molar-refractivity contribution in [3.05, 3.63) is 0 Å². The molecule has 1 atom stereocenters. The summed E-state index contributed by atoms with van der Waals surface area (Å²) >= 11 is 0.